The summed E-state index contributed by atoms with van der Waals surface area (Å²) in [6.45, 7) is 2.14. The average Bonchev–Trinajstić information content (AvgIpc) is 3.10. The first-order valence-corrected chi connectivity index (χ1v) is 9.80. The summed E-state index contributed by atoms with van der Waals surface area (Å²) in [6.07, 6.45) is 3.02. The van der Waals surface area contributed by atoms with E-state index in [1.807, 2.05) is 35.9 Å². The third-order valence-electron chi connectivity index (χ3n) is 3.71. The lowest BCUT2D eigenvalue weighted by Gasteiger charge is -2.03. The van der Waals surface area contributed by atoms with Gasteiger partial charge in [-0.05, 0) is 36.4 Å². The molecule has 0 aliphatic rings. The summed E-state index contributed by atoms with van der Waals surface area (Å²) >= 11 is 3.06. The van der Waals surface area contributed by atoms with Crippen LogP contribution in [0.3, 0.4) is 0 Å². The number of thioether (sulfide) groups is 1. The van der Waals surface area contributed by atoms with E-state index < -0.39 is 0 Å². The molecular weight excluding hydrogens is 336 g/mol. The molecule has 1 amide bonds. The third kappa shape index (κ3) is 3.86. The second-order valence-electron chi connectivity index (χ2n) is 5.27. The molecule has 0 atom stereocenters. The van der Waals surface area contributed by atoms with Gasteiger partial charge in [0.15, 0.2) is 5.13 Å². The third-order valence-corrected chi connectivity index (χ3v) is 5.20. The van der Waals surface area contributed by atoms with E-state index in [-0.39, 0.29) is 5.91 Å². The first-order valence-electron chi connectivity index (χ1n) is 7.70. The molecule has 1 aromatic heterocycles. The van der Waals surface area contributed by atoms with Crippen molar-refractivity contribution in [3.05, 3.63) is 65.0 Å². The van der Waals surface area contributed by atoms with Gasteiger partial charge in [-0.3, -0.25) is 10.1 Å². The summed E-state index contributed by atoms with van der Waals surface area (Å²) < 4.78 is 0. The van der Waals surface area contributed by atoms with E-state index in [2.05, 4.69) is 41.5 Å². The number of anilines is 1. The van der Waals surface area contributed by atoms with Crippen molar-refractivity contribution in [3.8, 4) is 11.3 Å². The van der Waals surface area contributed by atoms with Gasteiger partial charge in [-0.25, -0.2) is 4.98 Å². The molecule has 5 heteroatoms. The molecule has 0 saturated heterocycles. The van der Waals surface area contributed by atoms with Gasteiger partial charge in [-0.1, -0.05) is 37.3 Å². The summed E-state index contributed by atoms with van der Waals surface area (Å²) in [5.41, 5.74) is 3.89. The molecule has 122 valence electrons. The maximum absolute atomic E-state index is 12.4. The number of rotatable bonds is 5. The van der Waals surface area contributed by atoms with Crippen LogP contribution in [0.1, 0.15) is 22.8 Å². The Kier molecular flexibility index (Phi) is 5.33. The van der Waals surface area contributed by atoms with E-state index in [0.29, 0.717) is 10.7 Å². The van der Waals surface area contributed by atoms with Gasteiger partial charge < -0.3 is 0 Å². The van der Waals surface area contributed by atoms with Gasteiger partial charge in [0, 0.05) is 21.4 Å². The Morgan fingerprint density at radius 3 is 2.71 bits per heavy atom. The average molecular weight is 354 g/mol. The van der Waals surface area contributed by atoms with Crippen LogP contribution >= 0.6 is 23.1 Å². The van der Waals surface area contributed by atoms with Crippen molar-refractivity contribution in [1.29, 1.82) is 0 Å². The summed E-state index contributed by atoms with van der Waals surface area (Å²) in [4.78, 5) is 18.0. The first-order chi connectivity index (χ1) is 11.7. The van der Waals surface area contributed by atoms with Crippen molar-refractivity contribution in [3.63, 3.8) is 0 Å². The Hall–Kier alpha value is -2.11. The second-order valence-corrected chi connectivity index (χ2v) is 7.01. The Bertz CT molecular complexity index is 841. The lowest BCUT2D eigenvalue weighted by atomic mass is 10.1. The van der Waals surface area contributed by atoms with Crippen molar-refractivity contribution in [2.75, 3.05) is 11.6 Å². The van der Waals surface area contributed by atoms with Gasteiger partial charge in [0.25, 0.3) is 5.91 Å². The van der Waals surface area contributed by atoms with Crippen LogP contribution in [-0.2, 0) is 6.42 Å². The molecule has 2 aromatic carbocycles. The topological polar surface area (TPSA) is 42.0 Å². The number of nitrogens with zero attached hydrogens (tertiary/aromatic N) is 1. The molecular formula is C19H18N2OS2. The molecule has 1 heterocycles. The fraction of sp³-hybridized carbons (Fsp3) is 0.158. The van der Waals surface area contributed by atoms with E-state index in [9.17, 15) is 4.79 Å². The minimum atomic E-state index is -0.131. The number of benzene rings is 2. The van der Waals surface area contributed by atoms with Gasteiger partial charge in [0.2, 0.25) is 0 Å². The lowest BCUT2D eigenvalue weighted by Crippen LogP contribution is -2.11. The number of carbonyl (C=O) groups excluding carboxylic acids is 1. The molecule has 0 saturated carbocycles. The monoisotopic (exact) mass is 354 g/mol. The highest BCUT2D eigenvalue weighted by Gasteiger charge is 2.10. The highest BCUT2D eigenvalue weighted by atomic mass is 32.2. The van der Waals surface area contributed by atoms with Crippen molar-refractivity contribution in [2.45, 2.75) is 18.2 Å². The van der Waals surface area contributed by atoms with Crippen LogP contribution in [0.5, 0.6) is 0 Å². The number of hydrogen-bond donors (Lipinski definition) is 1. The van der Waals surface area contributed by atoms with Gasteiger partial charge in [0.05, 0.1) is 5.69 Å². The van der Waals surface area contributed by atoms with E-state index >= 15 is 0 Å². The van der Waals surface area contributed by atoms with Gasteiger partial charge in [0.1, 0.15) is 0 Å². The summed E-state index contributed by atoms with van der Waals surface area (Å²) in [5.74, 6) is -0.131. The Labute approximate surface area is 150 Å². The van der Waals surface area contributed by atoms with Crippen LogP contribution in [0.25, 0.3) is 11.3 Å². The van der Waals surface area contributed by atoms with E-state index in [0.717, 1.165) is 22.6 Å². The van der Waals surface area contributed by atoms with Crippen LogP contribution < -0.4 is 5.32 Å². The van der Waals surface area contributed by atoms with Gasteiger partial charge in [-0.15, -0.1) is 23.1 Å². The fourth-order valence-corrected chi connectivity index (χ4v) is 3.48. The fourth-order valence-electron chi connectivity index (χ4n) is 2.31. The minimum absolute atomic E-state index is 0.131. The molecule has 3 rings (SSSR count). The Balaban J connectivity index is 1.74. The predicted octanol–water partition coefficient (Wildman–Crippen LogP) is 5.35. The van der Waals surface area contributed by atoms with Crippen LogP contribution in [0.4, 0.5) is 5.13 Å². The van der Waals surface area contributed by atoms with Gasteiger partial charge in [-0.2, -0.15) is 0 Å². The standard InChI is InChI=1S/C19H18N2OS2/c1-3-13-7-9-14(10-8-13)17-12-24-19(20-17)21-18(22)15-5-4-6-16(11-15)23-2/h4-12H,3H2,1-2H3,(H,20,21,22). The summed E-state index contributed by atoms with van der Waals surface area (Å²) in [6, 6.07) is 15.9. The van der Waals surface area contributed by atoms with Crippen molar-refractivity contribution >= 4 is 34.1 Å². The second kappa shape index (κ2) is 7.64. The molecule has 24 heavy (non-hydrogen) atoms. The summed E-state index contributed by atoms with van der Waals surface area (Å²) in [5, 5.41) is 5.46. The number of nitrogens with one attached hydrogen (secondary N) is 1. The number of amides is 1. The quantitative estimate of drug-likeness (QED) is 0.628. The maximum Gasteiger partial charge on any atom is 0.257 e. The van der Waals surface area contributed by atoms with Gasteiger partial charge >= 0.3 is 0 Å². The van der Waals surface area contributed by atoms with E-state index in [1.165, 1.54) is 16.9 Å². The zero-order valence-corrected chi connectivity index (χ0v) is 15.2. The van der Waals surface area contributed by atoms with Crippen LogP contribution in [0.15, 0.2) is 58.8 Å². The number of aryl methyl sites for hydroxylation is 1. The zero-order valence-electron chi connectivity index (χ0n) is 13.6. The largest absolute Gasteiger partial charge is 0.298 e. The van der Waals surface area contributed by atoms with E-state index in [1.54, 1.807) is 11.8 Å². The molecule has 3 aromatic rings. The molecule has 0 bridgehead atoms. The Morgan fingerprint density at radius 1 is 1.21 bits per heavy atom. The zero-order chi connectivity index (χ0) is 16.9. The molecule has 0 fully saturated rings. The minimum Gasteiger partial charge on any atom is -0.298 e. The normalized spacial score (nSPS) is 10.6. The predicted molar refractivity (Wildman–Crippen MR) is 103 cm³/mol. The summed E-state index contributed by atoms with van der Waals surface area (Å²) in [7, 11) is 0. The molecule has 1 N–H and O–H groups in total. The number of carbonyl (C=O) groups is 1. The molecule has 0 radical (unpaired) electrons. The van der Waals surface area contributed by atoms with Crippen molar-refractivity contribution in [2.24, 2.45) is 0 Å². The number of thiazole rings is 1. The molecule has 0 spiro atoms. The van der Waals surface area contributed by atoms with Crippen LogP contribution in [0.2, 0.25) is 0 Å². The van der Waals surface area contributed by atoms with E-state index in [4.69, 9.17) is 0 Å². The molecule has 0 unspecified atom stereocenters. The highest BCUT2D eigenvalue weighted by Crippen LogP contribution is 2.26. The molecule has 0 aliphatic heterocycles. The van der Waals surface area contributed by atoms with Crippen LogP contribution in [0, 0.1) is 0 Å². The SMILES string of the molecule is CCc1ccc(-c2csc(NC(=O)c3cccc(SC)c3)n2)cc1. The Morgan fingerprint density at radius 2 is 2.00 bits per heavy atom. The lowest BCUT2D eigenvalue weighted by molar-refractivity contribution is 0.102. The number of aromatic nitrogens is 1. The highest BCUT2D eigenvalue weighted by molar-refractivity contribution is 7.98. The first kappa shape index (κ1) is 16.7. The number of hydrogen-bond acceptors (Lipinski definition) is 4. The smallest absolute Gasteiger partial charge is 0.257 e. The molecule has 3 nitrogen and oxygen atoms in total. The van der Waals surface area contributed by atoms with Crippen LogP contribution in [-0.4, -0.2) is 17.1 Å². The van der Waals surface area contributed by atoms with Crippen molar-refractivity contribution < 1.29 is 4.79 Å². The molecule has 0 aliphatic carbocycles. The van der Waals surface area contributed by atoms with Crippen molar-refractivity contribution in [1.82, 2.24) is 4.98 Å². The maximum atomic E-state index is 12.4.